The minimum atomic E-state index is 0.230. The molecule has 0 spiro atoms. The molecule has 4 fully saturated rings. The Morgan fingerprint density at radius 3 is 2.52 bits per heavy atom. The molecule has 0 aromatic carbocycles. The number of nitrogens with zero attached hydrogens (tertiary/aromatic N) is 6. The minimum Gasteiger partial charge on any atom is -0.368 e. The highest BCUT2D eigenvalue weighted by atomic mass is 16.2. The van der Waals surface area contributed by atoms with Gasteiger partial charge >= 0.3 is 0 Å². The number of nitriles is 1. The standard InChI is InChI=1S/C25H29N7O/c1-14-10-20(29-25(27)28-14)19-11-18(12-26)23(30-22(19)16-4-5-16)31-8-9-32(24(33)17-6-7-17)21(13-31)15-2-3-15/h10-11,15-17,21H,2-9,13H2,1H3,(H2,27,28,29)/t21-/m0/s1. The van der Waals surface area contributed by atoms with Gasteiger partial charge in [0.2, 0.25) is 11.9 Å². The van der Waals surface area contributed by atoms with Crippen molar-refractivity contribution >= 4 is 17.7 Å². The number of anilines is 2. The second kappa shape index (κ2) is 7.68. The molecule has 0 bridgehead atoms. The van der Waals surface area contributed by atoms with E-state index >= 15 is 0 Å². The van der Waals surface area contributed by atoms with Crippen LogP contribution in [0.5, 0.6) is 0 Å². The lowest BCUT2D eigenvalue weighted by atomic mass is 10.0. The van der Waals surface area contributed by atoms with Gasteiger partial charge in [0.15, 0.2) is 0 Å². The van der Waals surface area contributed by atoms with Gasteiger partial charge in [-0.05, 0) is 63.5 Å². The van der Waals surface area contributed by atoms with E-state index in [9.17, 15) is 10.1 Å². The van der Waals surface area contributed by atoms with Crippen molar-refractivity contribution in [2.24, 2.45) is 11.8 Å². The van der Waals surface area contributed by atoms with Crippen LogP contribution in [-0.2, 0) is 4.79 Å². The number of carbonyl (C=O) groups is 1. The number of carbonyl (C=O) groups excluding carboxylic acids is 1. The van der Waals surface area contributed by atoms with Gasteiger partial charge in [0.1, 0.15) is 11.9 Å². The average Bonchev–Trinajstić information content (AvgIpc) is 3.64. The molecule has 1 saturated heterocycles. The minimum absolute atomic E-state index is 0.230. The Bertz CT molecular complexity index is 1140. The van der Waals surface area contributed by atoms with Gasteiger partial charge in [-0.3, -0.25) is 4.79 Å². The highest BCUT2D eigenvalue weighted by Crippen LogP contribution is 2.45. The largest absolute Gasteiger partial charge is 0.368 e. The van der Waals surface area contributed by atoms with E-state index in [1.807, 2.05) is 19.1 Å². The number of pyridine rings is 1. The van der Waals surface area contributed by atoms with Crippen molar-refractivity contribution in [3.05, 3.63) is 29.1 Å². The van der Waals surface area contributed by atoms with Gasteiger partial charge in [0.05, 0.1) is 23.0 Å². The van der Waals surface area contributed by atoms with E-state index in [-0.39, 0.29) is 17.9 Å². The fourth-order valence-electron chi connectivity index (χ4n) is 5.17. The van der Waals surface area contributed by atoms with Gasteiger partial charge in [-0.2, -0.15) is 5.26 Å². The van der Waals surface area contributed by atoms with Crippen LogP contribution in [0.25, 0.3) is 11.3 Å². The number of aryl methyl sites for hydroxylation is 1. The molecule has 1 amide bonds. The molecule has 4 aliphatic rings. The Morgan fingerprint density at radius 1 is 1.09 bits per heavy atom. The molecular formula is C25H29N7O. The van der Waals surface area contributed by atoms with Crippen LogP contribution in [0.3, 0.4) is 0 Å². The highest BCUT2D eigenvalue weighted by Gasteiger charge is 2.45. The third-order valence-corrected chi connectivity index (χ3v) is 7.36. The van der Waals surface area contributed by atoms with Crippen molar-refractivity contribution in [3.63, 3.8) is 0 Å². The van der Waals surface area contributed by atoms with Crippen LogP contribution in [-0.4, -0.2) is 51.4 Å². The summed E-state index contributed by atoms with van der Waals surface area (Å²) < 4.78 is 0. The van der Waals surface area contributed by atoms with Crippen LogP contribution in [0, 0.1) is 30.1 Å². The van der Waals surface area contributed by atoms with Gasteiger partial charge in [0, 0.05) is 42.7 Å². The predicted molar refractivity (Wildman–Crippen MR) is 124 cm³/mol. The molecule has 2 N–H and O–H groups in total. The Morgan fingerprint density at radius 2 is 1.88 bits per heavy atom. The molecule has 33 heavy (non-hydrogen) atoms. The summed E-state index contributed by atoms with van der Waals surface area (Å²) in [6, 6.07) is 6.46. The van der Waals surface area contributed by atoms with E-state index in [0.29, 0.717) is 36.4 Å². The fraction of sp³-hybridized carbons (Fsp3) is 0.560. The Balaban J connectivity index is 1.36. The summed E-state index contributed by atoms with van der Waals surface area (Å²) in [7, 11) is 0. The number of amides is 1. The second-order valence-corrected chi connectivity index (χ2v) is 10.1. The zero-order chi connectivity index (χ0) is 22.7. The molecule has 3 heterocycles. The number of aromatic nitrogens is 3. The van der Waals surface area contributed by atoms with E-state index in [4.69, 9.17) is 10.7 Å². The summed E-state index contributed by atoms with van der Waals surface area (Å²) in [5.41, 5.74) is 9.89. The molecular weight excluding hydrogens is 414 g/mol. The summed E-state index contributed by atoms with van der Waals surface area (Å²) in [5, 5.41) is 10.0. The zero-order valence-electron chi connectivity index (χ0n) is 19.0. The van der Waals surface area contributed by atoms with Crippen LogP contribution < -0.4 is 10.6 Å². The van der Waals surface area contributed by atoms with Crippen molar-refractivity contribution in [1.82, 2.24) is 19.9 Å². The summed E-state index contributed by atoms with van der Waals surface area (Å²) in [6.07, 6.45) is 6.64. The molecule has 2 aromatic rings. The number of hydrogen-bond acceptors (Lipinski definition) is 7. The molecule has 170 valence electrons. The topological polar surface area (TPSA) is 112 Å². The molecule has 2 aromatic heterocycles. The fourth-order valence-corrected chi connectivity index (χ4v) is 5.17. The first-order chi connectivity index (χ1) is 16.0. The predicted octanol–water partition coefficient (Wildman–Crippen LogP) is 3.02. The molecule has 1 atom stereocenters. The molecule has 0 unspecified atom stereocenters. The van der Waals surface area contributed by atoms with Crippen LogP contribution in [0.1, 0.15) is 61.4 Å². The molecule has 0 radical (unpaired) electrons. The molecule has 8 heteroatoms. The average molecular weight is 444 g/mol. The van der Waals surface area contributed by atoms with Gasteiger partial charge < -0.3 is 15.5 Å². The third kappa shape index (κ3) is 3.90. The van der Waals surface area contributed by atoms with E-state index in [0.717, 1.165) is 60.7 Å². The zero-order valence-corrected chi connectivity index (χ0v) is 19.0. The summed E-state index contributed by atoms with van der Waals surface area (Å²) in [6.45, 7) is 4.08. The first-order valence-corrected chi connectivity index (χ1v) is 12.1. The second-order valence-electron chi connectivity index (χ2n) is 10.1. The maximum absolute atomic E-state index is 12.9. The monoisotopic (exact) mass is 443 g/mol. The SMILES string of the molecule is Cc1cc(-c2cc(C#N)c(N3CCN(C(=O)C4CC4)[C@H](C4CC4)C3)nc2C2CC2)nc(N)n1. The van der Waals surface area contributed by atoms with Crippen molar-refractivity contribution in [1.29, 1.82) is 5.26 Å². The summed E-state index contributed by atoms with van der Waals surface area (Å²) >= 11 is 0. The van der Waals surface area contributed by atoms with Crippen LogP contribution in [0.2, 0.25) is 0 Å². The van der Waals surface area contributed by atoms with E-state index in [1.54, 1.807) is 0 Å². The van der Waals surface area contributed by atoms with Crippen molar-refractivity contribution in [2.45, 2.75) is 57.4 Å². The number of piperazine rings is 1. The molecule has 3 saturated carbocycles. The van der Waals surface area contributed by atoms with Crippen molar-refractivity contribution in [2.75, 3.05) is 30.3 Å². The Hall–Kier alpha value is -3.21. The van der Waals surface area contributed by atoms with Gasteiger partial charge in [-0.25, -0.2) is 15.0 Å². The van der Waals surface area contributed by atoms with Crippen LogP contribution >= 0.6 is 0 Å². The first-order valence-electron chi connectivity index (χ1n) is 12.1. The third-order valence-electron chi connectivity index (χ3n) is 7.36. The quantitative estimate of drug-likeness (QED) is 0.756. The Labute approximate surface area is 193 Å². The van der Waals surface area contributed by atoms with Crippen molar-refractivity contribution < 1.29 is 4.79 Å². The van der Waals surface area contributed by atoms with E-state index in [1.165, 1.54) is 12.8 Å². The van der Waals surface area contributed by atoms with Gasteiger partial charge in [-0.15, -0.1) is 0 Å². The number of hydrogen-bond donors (Lipinski definition) is 1. The Kier molecular flexibility index (Phi) is 4.75. The maximum atomic E-state index is 12.9. The lowest BCUT2D eigenvalue weighted by molar-refractivity contribution is -0.135. The van der Waals surface area contributed by atoms with E-state index in [2.05, 4.69) is 25.8 Å². The van der Waals surface area contributed by atoms with Crippen molar-refractivity contribution in [3.8, 4) is 17.3 Å². The number of nitrogens with two attached hydrogens (primary N) is 1. The molecule has 8 nitrogen and oxygen atoms in total. The molecule has 6 rings (SSSR count). The number of nitrogen functional groups attached to an aromatic ring is 1. The van der Waals surface area contributed by atoms with E-state index < -0.39 is 0 Å². The smallest absolute Gasteiger partial charge is 0.226 e. The molecule has 3 aliphatic carbocycles. The highest BCUT2D eigenvalue weighted by molar-refractivity contribution is 5.82. The normalized spacial score (nSPS) is 22.8. The van der Waals surface area contributed by atoms with Crippen LogP contribution in [0.4, 0.5) is 11.8 Å². The maximum Gasteiger partial charge on any atom is 0.226 e. The summed E-state index contributed by atoms with van der Waals surface area (Å²) in [4.78, 5) is 31.0. The molecule has 1 aliphatic heterocycles. The van der Waals surface area contributed by atoms with Crippen LogP contribution in [0.15, 0.2) is 12.1 Å². The number of rotatable bonds is 5. The van der Waals surface area contributed by atoms with Gasteiger partial charge in [-0.1, -0.05) is 0 Å². The first kappa shape index (κ1) is 20.4. The lowest BCUT2D eigenvalue weighted by Crippen LogP contribution is -2.57. The van der Waals surface area contributed by atoms with Gasteiger partial charge in [0.25, 0.3) is 0 Å². The lowest BCUT2D eigenvalue weighted by Gasteiger charge is -2.43. The summed E-state index contributed by atoms with van der Waals surface area (Å²) in [5.74, 6) is 2.54.